The molecule has 0 aliphatic rings. The molecular weight excluding hydrogens is 564 g/mol. The molecule has 0 unspecified atom stereocenters. The zero-order chi connectivity index (χ0) is 33.1. The van der Waals surface area contributed by atoms with Gasteiger partial charge in [0.15, 0.2) is 11.5 Å². The second-order valence-electron chi connectivity index (χ2n) is 12.9. The Morgan fingerprint density at radius 3 is 2.20 bits per heavy atom. The van der Waals surface area contributed by atoms with Crippen molar-refractivity contribution in [2.24, 2.45) is 7.05 Å². The maximum atomic E-state index is 13.9. The minimum absolute atomic E-state index is 0.00145. The molecule has 2 amide bonds. The molecule has 236 valence electrons. The van der Waals surface area contributed by atoms with Crippen molar-refractivity contribution in [1.82, 2.24) is 14.9 Å². The second kappa shape index (κ2) is 13.0. The fourth-order valence-corrected chi connectivity index (χ4v) is 4.56. The SMILES string of the molecule is CC(C)=CC(=O)[C@H](CCC(=O)OC(C)(C)C)NC(=O)c1nc2ccccc2c2cc(N(C)C(=O)OC(C)(C)C)c(=O)n(C)c12. The molecule has 3 aromatic rings. The van der Waals surface area contributed by atoms with Crippen LogP contribution in [0, 0.1) is 0 Å². The average molecular weight is 607 g/mol. The van der Waals surface area contributed by atoms with E-state index in [0.29, 0.717) is 16.3 Å². The maximum absolute atomic E-state index is 13.9. The van der Waals surface area contributed by atoms with E-state index in [2.05, 4.69) is 10.3 Å². The molecule has 11 heteroatoms. The van der Waals surface area contributed by atoms with Crippen LogP contribution in [-0.4, -0.2) is 57.6 Å². The lowest BCUT2D eigenvalue weighted by Gasteiger charge is -2.25. The molecule has 2 heterocycles. The number of hydrogen-bond donors (Lipinski definition) is 1. The number of anilines is 1. The highest BCUT2D eigenvalue weighted by Gasteiger charge is 2.28. The molecule has 0 radical (unpaired) electrons. The van der Waals surface area contributed by atoms with Crippen LogP contribution in [0.3, 0.4) is 0 Å². The number of carbonyl (C=O) groups excluding carboxylic acids is 4. The van der Waals surface area contributed by atoms with E-state index < -0.39 is 40.8 Å². The van der Waals surface area contributed by atoms with Gasteiger partial charge in [-0.05, 0) is 80.0 Å². The second-order valence-corrected chi connectivity index (χ2v) is 12.9. The molecule has 0 aliphatic carbocycles. The first-order chi connectivity index (χ1) is 20.3. The summed E-state index contributed by atoms with van der Waals surface area (Å²) in [5.41, 5.74) is -0.664. The largest absolute Gasteiger partial charge is 0.460 e. The standard InChI is InChI=1S/C33H42N4O7/c1-19(2)17-25(38)23(15-16-26(39)43-32(3,4)5)35-29(40)27-28-21(20-13-11-12-14-22(20)34-27)18-24(30(41)37(28)10)36(9)31(42)44-33(6,7)8/h11-14,17-18,23H,15-16H2,1-10H3,(H,35,40)/t23-/m0/s1. The fourth-order valence-electron chi connectivity index (χ4n) is 4.56. The highest BCUT2D eigenvalue weighted by Crippen LogP contribution is 2.28. The number of nitrogens with zero attached hydrogens (tertiary/aromatic N) is 3. The van der Waals surface area contributed by atoms with E-state index in [1.54, 1.807) is 79.7 Å². The summed E-state index contributed by atoms with van der Waals surface area (Å²) in [7, 11) is 2.93. The monoisotopic (exact) mass is 606 g/mol. The first-order valence-electron chi connectivity index (χ1n) is 14.4. The Morgan fingerprint density at radius 1 is 1.00 bits per heavy atom. The number of aromatic nitrogens is 2. The summed E-state index contributed by atoms with van der Waals surface area (Å²) in [5.74, 6) is -1.59. The summed E-state index contributed by atoms with van der Waals surface area (Å²) < 4.78 is 12.1. The molecule has 44 heavy (non-hydrogen) atoms. The normalized spacial score (nSPS) is 12.4. The number of nitrogens with one attached hydrogen (secondary N) is 1. The van der Waals surface area contributed by atoms with Gasteiger partial charge in [-0.3, -0.25) is 24.1 Å². The minimum atomic E-state index is -1.05. The fraction of sp³-hybridized carbons (Fsp3) is 0.455. The van der Waals surface area contributed by atoms with E-state index in [1.165, 1.54) is 30.8 Å². The zero-order valence-corrected chi connectivity index (χ0v) is 27.2. The molecule has 0 spiro atoms. The van der Waals surface area contributed by atoms with Crippen LogP contribution in [0.5, 0.6) is 0 Å². The maximum Gasteiger partial charge on any atom is 0.414 e. The Hall–Kier alpha value is -4.54. The van der Waals surface area contributed by atoms with Crippen LogP contribution in [0.25, 0.3) is 21.8 Å². The first-order valence-corrected chi connectivity index (χ1v) is 14.4. The van der Waals surface area contributed by atoms with Crippen molar-refractivity contribution in [2.75, 3.05) is 11.9 Å². The van der Waals surface area contributed by atoms with Gasteiger partial charge in [0.1, 0.15) is 16.9 Å². The number of pyridine rings is 2. The number of rotatable bonds is 8. The third-order valence-corrected chi connectivity index (χ3v) is 6.43. The third-order valence-electron chi connectivity index (χ3n) is 6.43. The van der Waals surface area contributed by atoms with Gasteiger partial charge in [0.25, 0.3) is 11.5 Å². The van der Waals surface area contributed by atoms with Crippen molar-refractivity contribution < 1.29 is 28.7 Å². The van der Waals surface area contributed by atoms with E-state index in [1.807, 2.05) is 0 Å². The molecule has 11 nitrogen and oxygen atoms in total. The molecule has 0 saturated heterocycles. The molecule has 3 rings (SSSR count). The van der Waals surface area contributed by atoms with Crippen LogP contribution in [0.15, 0.2) is 46.8 Å². The molecule has 1 atom stereocenters. The van der Waals surface area contributed by atoms with Gasteiger partial charge in [-0.25, -0.2) is 9.78 Å². The molecule has 2 aromatic heterocycles. The van der Waals surface area contributed by atoms with Gasteiger partial charge in [0.05, 0.1) is 17.1 Å². The number of amides is 2. The Bertz CT molecular complexity index is 1700. The number of ether oxygens (including phenoxy) is 2. The van der Waals surface area contributed by atoms with Gasteiger partial charge in [-0.2, -0.15) is 0 Å². The van der Waals surface area contributed by atoms with Gasteiger partial charge in [-0.1, -0.05) is 23.8 Å². The van der Waals surface area contributed by atoms with Crippen molar-refractivity contribution in [2.45, 2.75) is 85.5 Å². The van der Waals surface area contributed by atoms with Crippen LogP contribution in [-0.2, 0) is 26.1 Å². The average Bonchev–Trinajstić information content (AvgIpc) is 2.89. The number of aryl methyl sites for hydroxylation is 1. The smallest absolute Gasteiger partial charge is 0.414 e. The summed E-state index contributed by atoms with van der Waals surface area (Å²) in [6, 6.07) is 7.58. The number of hydrogen-bond acceptors (Lipinski definition) is 8. The van der Waals surface area contributed by atoms with Gasteiger partial charge in [-0.15, -0.1) is 0 Å². The lowest BCUT2D eigenvalue weighted by Crippen LogP contribution is -2.42. The highest BCUT2D eigenvalue weighted by molar-refractivity contribution is 6.15. The summed E-state index contributed by atoms with van der Waals surface area (Å²) in [6.45, 7) is 13.9. The first kappa shape index (κ1) is 34.0. The number of allylic oxidation sites excluding steroid dienone is 1. The Labute approximate surface area is 257 Å². The summed E-state index contributed by atoms with van der Waals surface area (Å²) in [5, 5.41) is 3.88. The van der Waals surface area contributed by atoms with E-state index in [-0.39, 0.29) is 35.5 Å². The van der Waals surface area contributed by atoms with Crippen molar-refractivity contribution >= 4 is 51.2 Å². The van der Waals surface area contributed by atoms with Gasteiger partial charge < -0.3 is 19.4 Å². The molecule has 1 aromatic carbocycles. The number of esters is 1. The van der Waals surface area contributed by atoms with Gasteiger partial charge in [0.2, 0.25) is 0 Å². The van der Waals surface area contributed by atoms with Crippen LogP contribution in [0.2, 0.25) is 0 Å². The van der Waals surface area contributed by atoms with Crippen LogP contribution < -0.4 is 15.8 Å². The number of ketones is 1. The van der Waals surface area contributed by atoms with Crippen LogP contribution in [0.1, 0.15) is 78.7 Å². The molecular formula is C33H42N4O7. The number of para-hydroxylation sites is 1. The highest BCUT2D eigenvalue weighted by atomic mass is 16.6. The van der Waals surface area contributed by atoms with E-state index in [4.69, 9.17) is 9.47 Å². The predicted octanol–water partition coefficient (Wildman–Crippen LogP) is 5.21. The summed E-state index contributed by atoms with van der Waals surface area (Å²) >= 11 is 0. The Kier molecular flexibility index (Phi) is 10.0. The Morgan fingerprint density at radius 2 is 1.61 bits per heavy atom. The lowest BCUT2D eigenvalue weighted by atomic mass is 10.0. The van der Waals surface area contributed by atoms with Crippen LogP contribution in [0.4, 0.5) is 10.5 Å². The number of benzene rings is 1. The third kappa shape index (κ3) is 8.30. The van der Waals surface area contributed by atoms with E-state index >= 15 is 0 Å². The van der Waals surface area contributed by atoms with Crippen molar-refractivity contribution in [1.29, 1.82) is 0 Å². The zero-order valence-electron chi connectivity index (χ0n) is 27.2. The molecule has 0 saturated carbocycles. The topological polar surface area (TPSA) is 137 Å². The summed E-state index contributed by atoms with van der Waals surface area (Å²) in [4.78, 5) is 71.6. The quantitative estimate of drug-likeness (QED) is 0.210. The molecule has 1 N–H and O–H groups in total. The van der Waals surface area contributed by atoms with E-state index in [9.17, 15) is 24.0 Å². The van der Waals surface area contributed by atoms with Crippen molar-refractivity contribution in [3.63, 3.8) is 0 Å². The number of fused-ring (bicyclic) bond motifs is 3. The van der Waals surface area contributed by atoms with Crippen LogP contribution >= 0.6 is 0 Å². The number of carbonyl (C=O) groups is 4. The van der Waals surface area contributed by atoms with Gasteiger partial charge >= 0.3 is 12.1 Å². The molecule has 0 fully saturated rings. The lowest BCUT2D eigenvalue weighted by molar-refractivity contribution is -0.155. The Balaban J connectivity index is 2.13. The van der Waals surface area contributed by atoms with Crippen molar-refractivity contribution in [3.05, 3.63) is 58.0 Å². The predicted molar refractivity (Wildman–Crippen MR) is 170 cm³/mol. The molecule has 0 bridgehead atoms. The van der Waals surface area contributed by atoms with E-state index in [0.717, 1.165) is 10.5 Å². The minimum Gasteiger partial charge on any atom is -0.460 e. The van der Waals surface area contributed by atoms with Crippen molar-refractivity contribution in [3.8, 4) is 0 Å². The molecule has 0 aliphatic heterocycles. The summed E-state index contributed by atoms with van der Waals surface area (Å²) in [6.07, 6.45) is 0.588. The van der Waals surface area contributed by atoms with Gasteiger partial charge in [0, 0.05) is 31.3 Å².